The van der Waals surface area contributed by atoms with Crippen LogP contribution in [0.4, 0.5) is 0 Å². The molecule has 11 heteroatoms. The Morgan fingerprint density at radius 1 is 0.512 bits per heavy atom. The van der Waals surface area contributed by atoms with Crippen molar-refractivity contribution in [2.75, 3.05) is 6.61 Å². The molecule has 0 aromatic heterocycles. The van der Waals surface area contributed by atoms with Crippen LogP contribution < -0.4 is 0 Å². The Morgan fingerprint density at radius 2 is 0.829 bits per heavy atom. The molecule has 0 spiro atoms. The zero-order valence-electron chi connectivity index (χ0n) is 27.8. The van der Waals surface area contributed by atoms with Gasteiger partial charge in [-0.05, 0) is 102 Å². The van der Waals surface area contributed by atoms with Gasteiger partial charge in [-0.3, -0.25) is 9.59 Å². The lowest BCUT2D eigenvalue weighted by atomic mass is 9.68. The highest BCUT2D eigenvalue weighted by molar-refractivity contribution is 6.29. The maximum Gasteiger partial charge on any atom is 0.417 e. The van der Waals surface area contributed by atoms with Crippen molar-refractivity contribution in [3.8, 4) is 0 Å². The van der Waals surface area contributed by atoms with E-state index in [0.717, 1.165) is 6.42 Å². The van der Waals surface area contributed by atoms with E-state index in [1.165, 1.54) is 0 Å². The molecular weight excluding hydrogens is 536 g/mol. The average molecular weight is 593 g/mol. The van der Waals surface area contributed by atoms with Crippen LogP contribution in [0.25, 0.3) is 0 Å². The van der Waals surface area contributed by atoms with Crippen LogP contribution >= 0.6 is 0 Å². The first-order valence-corrected chi connectivity index (χ1v) is 14.5. The zero-order chi connectivity index (χ0) is 32.9. The summed E-state index contributed by atoms with van der Waals surface area (Å²) >= 11 is 0. The second kappa shape index (κ2) is 22.9. The van der Waals surface area contributed by atoms with Crippen LogP contribution in [0.1, 0.15) is 116 Å². The molecule has 0 N–H and O–H groups in total. The van der Waals surface area contributed by atoms with Gasteiger partial charge in [-0.25, -0.2) is 14.4 Å². The molecule has 0 bridgehead atoms. The summed E-state index contributed by atoms with van der Waals surface area (Å²) in [4.78, 5) is 56.1. The average Bonchev–Trinajstić information content (AvgIpc) is 2.77. The molecule has 0 amide bonds. The largest absolute Gasteiger partial charge is 0.462 e. The van der Waals surface area contributed by atoms with Gasteiger partial charge >= 0.3 is 29.8 Å². The number of ether oxygens (including phenoxy) is 6. The molecule has 0 aliphatic heterocycles. The van der Waals surface area contributed by atoms with Gasteiger partial charge in [0.15, 0.2) is 5.41 Å². The van der Waals surface area contributed by atoms with Crippen molar-refractivity contribution in [1.82, 2.24) is 0 Å². The number of hydrogen-bond donors (Lipinski definition) is 0. The van der Waals surface area contributed by atoms with Crippen molar-refractivity contribution in [2.24, 2.45) is 5.41 Å². The van der Waals surface area contributed by atoms with E-state index in [9.17, 15) is 24.0 Å². The molecule has 0 aromatic rings. The number of hydrogen-bond acceptors (Lipinski definition) is 11. The Hall–Kier alpha value is -2.69. The quantitative estimate of drug-likeness (QED) is 0.140. The lowest BCUT2D eigenvalue weighted by Crippen LogP contribution is -2.48. The molecule has 1 fully saturated rings. The van der Waals surface area contributed by atoms with E-state index in [4.69, 9.17) is 18.9 Å². The minimum absolute atomic E-state index is 0.0514. The fourth-order valence-corrected chi connectivity index (χ4v) is 2.73. The molecule has 41 heavy (non-hydrogen) atoms. The van der Waals surface area contributed by atoms with Crippen molar-refractivity contribution in [2.45, 2.75) is 153 Å². The van der Waals surface area contributed by atoms with Crippen molar-refractivity contribution >= 4 is 29.8 Å². The van der Waals surface area contributed by atoms with Crippen molar-refractivity contribution in [3.63, 3.8) is 0 Å². The molecule has 11 nitrogen and oxygen atoms in total. The van der Waals surface area contributed by atoms with Crippen LogP contribution in [0.15, 0.2) is 0 Å². The summed E-state index contributed by atoms with van der Waals surface area (Å²) in [6.07, 6.45) is 1.00. The Balaban J connectivity index is -0.000000524. The van der Waals surface area contributed by atoms with E-state index < -0.39 is 29.3 Å². The fraction of sp³-hybridized carbons (Fsp3) is 0.833. The van der Waals surface area contributed by atoms with E-state index in [1.54, 1.807) is 55.4 Å². The Labute approximate surface area is 247 Å². The molecule has 0 aromatic carbocycles. The highest BCUT2D eigenvalue weighted by Gasteiger charge is 2.54. The Morgan fingerprint density at radius 3 is 1.05 bits per heavy atom. The normalized spacial score (nSPS) is 13.1. The smallest absolute Gasteiger partial charge is 0.417 e. The standard InChI is InChI=1S/C12H20O4.C8H14O4.C8H16O3.C2H6/c1-8(2)15-10(13)12(6-5-7-12)11(14)16-9(3)4;1-5(2)11-7(9)8(10)12-6(3)4;1-6(2)10-5-8(9)11-7(3)4;1-2/h8-9H,5-7H2,1-4H3;5-6H,1-4H3;6-7H,5H2,1-4H3;1-2H3. The monoisotopic (exact) mass is 592 g/mol. The lowest BCUT2D eigenvalue weighted by Gasteiger charge is -2.37. The molecule has 0 atom stereocenters. The predicted molar refractivity (Wildman–Crippen MR) is 155 cm³/mol. The minimum Gasteiger partial charge on any atom is -0.462 e. The number of rotatable bonds is 10. The van der Waals surface area contributed by atoms with Crippen LogP contribution in [0.2, 0.25) is 0 Å². The molecule has 1 rings (SSSR count). The van der Waals surface area contributed by atoms with Gasteiger partial charge < -0.3 is 28.4 Å². The summed E-state index contributed by atoms with van der Waals surface area (Å²) in [5.74, 6) is -3.02. The van der Waals surface area contributed by atoms with Crippen LogP contribution in [0.3, 0.4) is 0 Å². The summed E-state index contributed by atoms with van der Waals surface area (Å²) in [6, 6.07) is 0. The van der Waals surface area contributed by atoms with Crippen LogP contribution in [-0.2, 0) is 52.4 Å². The molecule has 0 saturated heterocycles. The van der Waals surface area contributed by atoms with Gasteiger partial charge in [0.25, 0.3) is 0 Å². The molecule has 0 radical (unpaired) electrons. The second-order valence-corrected chi connectivity index (χ2v) is 10.7. The van der Waals surface area contributed by atoms with Gasteiger partial charge in [-0.15, -0.1) is 0 Å². The third-order valence-corrected chi connectivity index (χ3v) is 4.43. The first-order valence-electron chi connectivity index (χ1n) is 14.5. The summed E-state index contributed by atoms with van der Waals surface area (Å²) < 4.78 is 29.3. The van der Waals surface area contributed by atoms with Crippen LogP contribution in [0, 0.1) is 5.41 Å². The molecule has 0 unspecified atom stereocenters. The van der Waals surface area contributed by atoms with Gasteiger partial charge in [0.2, 0.25) is 0 Å². The minimum atomic E-state index is -1.02. The van der Waals surface area contributed by atoms with Crippen LogP contribution in [-0.4, -0.2) is 73.1 Å². The molecule has 1 saturated carbocycles. The highest BCUT2D eigenvalue weighted by Crippen LogP contribution is 2.43. The maximum atomic E-state index is 11.9. The summed E-state index contributed by atoms with van der Waals surface area (Å²) in [6.45, 7) is 25.2. The summed E-state index contributed by atoms with van der Waals surface area (Å²) in [5, 5.41) is 0. The summed E-state index contributed by atoms with van der Waals surface area (Å²) in [5.41, 5.74) is -1.02. The van der Waals surface area contributed by atoms with Gasteiger partial charge in [0.05, 0.1) is 36.6 Å². The second-order valence-electron chi connectivity index (χ2n) is 10.7. The number of carbonyl (C=O) groups excluding carboxylic acids is 5. The SMILES string of the molecule is CC.CC(C)OC(=O)C(=O)OC(C)C.CC(C)OC(=O)C1(C(=O)OC(C)C)CCC1.CC(C)OCC(=O)OC(C)C. The van der Waals surface area contributed by atoms with Gasteiger partial charge in [-0.1, -0.05) is 13.8 Å². The van der Waals surface area contributed by atoms with Crippen molar-refractivity contribution in [1.29, 1.82) is 0 Å². The van der Waals surface area contributed by atoms with Crippen molar-refractivity contribution in [3.05, 3.63) is 0 Å². The Kier molecular flexibility index (Phi) is 23.9. The first-order chi connectivity index (χ1) is 18.8. The van der Waals surface area contributed by atoms with Gasteiger partial charge in [-0.2, -0.15) is 0 Å². The summed E-state index contributed by atoms with van der Waals surface area (Å²) in [7, 11) is 0. The van der Waals surface area contributed by atoms with E-state index >= 15 is 0 Å². The first kappa shape index (κ1) is 42.8. The molecule has 242 valence electrons. The maximum absolute atomic E-state index is 11.9. The molecular formula is C30H56O11. The van der Waals surface area contributed by atoms with Gasteiger partial charge in [0, 0.05) is 0 Å². The zero-order valence-corrected chi connectivity index (χ0v) is 27.8. The molecule has 1 aliphatic rings. The van der Waals surface area contributed by atoms with Crippen LogP contribution in [0.5, 0.6) is 0 Å². The number of carbonyl (C=O) groups is 5. The van der Waals surface area contributed by atoms with E-state index in [-0.39, 0.29) is 49.2 Å². The topological polar surface area (TPSA) is 141 Å². The third kappa shape index (κ3) is 21.7. The van der Waals surface area contributed by atoms with E-state index in [0.29, 0.717) is 12.8 Å². The molecule has 1 aliphatic carbocycles. The predicted octanol–water partition coefficient (Wildman–Crippen LogP) is 5.34. The van der Waals surface area contributed by atoms with E-state index in [1.807, 2.05) is 41.5 Å². The van der Waals surface area contributed by atoms with E-state index in [2.05, 4.69) is 9.47 Å². The molecule has 0 heterocycles. The highest BCUT2D eigenvalue weighted by atomic mass is 16.6. The number of esters is 5. The Bertz CT molecular complexity index is 720. The fourth-order valence-electron chi connectivity index (χ4n) is 2.73. The van der Waals surface area contributed by atoms with Crippen molar-refractivity contribution < 1.29 is 52.4 Å². The van der Waals surface area contributed by atoms with Gasteiger partial charge in [0.1, 0.15) is 6.61 Å². The lowest BCUT2D eigenvalue weighted by molar-refractivity contribution is -0.184. The third-order valence-electron chi connectivity index (χ3n) is 4.43.